The third-order valence-electron chi connectivity index (χ3n) is 4.10. The van der Waals surface area contributed by atoms with Crippen LogP contribution in [0.1, 0.15) is 25.5 Å². The Bertz CT molecular complexity index is 649. The van der Waals surface area contributed by atoms with E-state index in [9.17, 15) is 0 Å². The summed E-state index contributed by atoms with van der Waals surface area (Å²) in [6, 6.07) is 8.10. The van der Waals surface area contributed by atoms with Crippen LogP contribution in [0.2, 0.25) is 0 Å². The smallest absolute Gasteiger partial charge is 0.145 e. The molecule has 1 N–H and O–H groups in total. The van der Waals surface area contributed by atoms with Gasteiger partial charge in [-0.2, -0.15) is 0 Å². The second-order valence-corrected chi connectivity index (χ2v) is 5.92. The van der Waals surface area contributed by atoms with Crippen LogP contribution in [0.25, 0.3) is 10.9 Å². The lowest BCUT2D eigenvalue weighted by Crippen LogP contribution is -2.32. The van der Waals surface area contributed by atoms with E-state index in [0.29, 0.717) is 0 Å². The quantitative estimate of drug-likeness (QED) is 0.933. The van der Waals surface area contributed by atoms with Gasteiger partial charge in [0, 0.05) is 29.9 Å². The number of para-hydroxylation sites is 1. The minimum Gasteiger partial charge on any atom is -0.494 e. The van der Waals surface area contributed by atoms with Gasteiger partial charge in [-0.15, -0.1) is 0 Å². The Morgan fingerprint density at radius 3 is 3.00 bits per heavy atom. The molecule has 4 nitrogen and oxygen atoms in total. The molecule has 1 atom stereocenters. The number of aryl methyl sites for hydroxylation is 1. The summed E-state index contributed by atoms with van der Waals surface area (Å²) in [5.41, 5.74) is 2.91. The SMILES string of the molecule is COc1cccc2c(NCC3(C)CCCO3)cc(C)nc12. The zero-order chi connectivity index (χ0) is 14.9. The first-order valence-electron chi connectivity index (χ1n) is 7.43. The fraction of sp³-hybridized carbons (Fsp3) is 0.471. The van der Waals surface area contributed by atoms with Crippen molar-refractivity contribution in [3.8, 4) is 5.75 Å². The van der Waals surface area contributed by atoms with E-state index in [-0.39, 0.29) is 5.60 Å². The molecule has 2 aromatic rings. The van der Waals surface area contributed by atoms with Crippen LogP contribution >= 0.6 is 0 Å². The first-order chi connectivity index (χ1) is 10.1. The van der Waals surface area contributed by atoms with Crippen molar-refractivity contribution in [3.05, 3.63) is 30.0 Å². The zero-order valence-corrected chi connectivity index (χ0v) is 12.9. The number of fused-ring (bicyclic) bond motifs is 1. The van der Waals surface area contributed by atoms with Crippen molar-refractivity contribution in [1.29, 1.82) is 0 Å². The molecule has 1 aromatic carbocycles. The minimum atomic E-state index is -0.0671. The van der Waals surface area contributed by atoms with Gasteiger partial charge < -0.3 is 14.8 Å². The zero-order valence-electron chi connectivity index (χ0n) is 12.9. The summed E-state index contributed by atoms with van der Waals surface area (Å²) in [6.45, 7) is 5.85. The summed E-state index contributed by atoms with van der Waals surface area (Å²) in [6.07, 6.45) is 2.24. The summed E-state index contributed by atoms with van der Waals surface area (Å²) in [7, 11) is 1.68. The van der Waals surface area contributed by atoms with Crippen LogP contribution in [0, 0.1) is 6.92 Å². The fourth-order valence-electron chi connectivity index (χ4n) is 2.92. The van der Waals surface area contributed by atoms with Crippen molar-refractivity contribution < 1.29 is 9.47 Å². The highest BCUT2D eigenvalue weighted by atomic mass is 16.5. The molecule has 1 unspecified atom stereocenters. The predicted molar refractivity (Wildman–Crippen MR) is 85.1 cm³/mol. The molecule has 0 saturated carbocycles. The lowest BCUT2D eigenvalue weighted by molar-refractivity contribution is 0.0315. The topological polar surface area (TPSA) is 43.4 Å². The average Bonchev–Trinajstić information content (AvgIpc) is 2.91. The maximum absolute atomic E-state index is 5.85. The molecule has 21 heavy (non-hydrogen) atoms. The highest BCUT2D eigenvalue weighted by Crippen LogP contribution is 2.31. The van der Waals surface area contributed by atoms with E-state index in [2.05, 4.69) is 29.4 Å². The molecule has 0 radical (unpaired) electrons. The number of aromatic nitrogens is 1. The second-order valence-electron chi connectivity index (χ2n) is 5.92. The lowest BCUT2D eigenvalue weighted by atomic mass is 10.0. The summed E-state index contributed by atoms with van der Waals surface area (Å²) >= 11 is 0. The first-order valence-corrected chi connectivity index (χ1v) is 7.43. The van der Waals surface area contributed by atoms with E-state index in [1.165, 1.54) is 0 Å². The van der Waals surface area contributed by atoms with Crippen LogP contribution < -0.4 is 10.1 Å². The van der Waals surface area contributed by atoms with Gasteiger partial charge >= 0.3 is 0 Å². The lowest BCUT2D eigenvalue weighted by Gasteiger charge is -2.24. The van der Waals surface area contributed by atoms with Gasteiger partial charge in [0.05, 0.1) is 12.7 Å². The molecule has 1 saturated heterocycles. The van der Waals surface area contributed by atoms with Crippen LogP contribution in [-0.2, 0) is 4.74 Å². The number of anilines is 1. The minimum absolute atomic E-state index is 0.0671. The molecular formula is C17H22N2O2. The van der Waals surface area contributed by atoms with Crippen molar-refractivity contribution in [2.24, 2.45) is 0 Å². The van der Waals surface area contributed by atoms with E-state index < -0.39 is 0 Å². The van der Waals surface area contributed by atoms with Crippen LogP contribution in [0.15, 0.2) is 24.3 Å². The Balaban J connectivity index is 1.94. The van der Waals surface area contributed by atoms with Gasteiger partial charge in [0.25, 0.3) is 0 Å². The molecule has 0 bridgehead atoms. The molecule has 0 amide bonds. The maximum atomic E-state index is 5.85. The summed E-state index contributed by atoms with van der Waals surface area (Å²) in [5, 5.41) is 4.63. The number of hydrogen-bond donors (Lipinski definition) is 1. The van der Waals surface area contributed by atoms with E-state index >= 15 is 0 Å². The number of hydrogen-bond acceptors (Lipinski definition) is 4. The molecular weight excluding hydrogens is 264 g/mol. The van der Waals surface area contributed by atoms with Gasteiger partial charge in [0.1, 0.15) is 11.3 Å². The Morgan fingerprint density at radius 2 is 2.29 bits per heavy atom. The number of benzene rings is 1. The molecule has 3 rings (SSSR count). The van der Waals surface area contributed by atoms with Crippen molar-refractivity contribution >= 4 is 16.6 Å². The monoisotopic (exact) mass is 286 g/mol. The maximum Gasteiger partial charge on any atom is 0.145 e. The van der Waals surface area contributed by atoms with Crippen molar-refractivity contribution in [2.75, 3.05) is 25.6 Å². The number of pyridine rings is 1. The average molecular weight is 286 g/mol. The van der Waals surface area contributed by atoms with E-state index in [0.717, 1.165) is 54.0 Å². The normalized spacial score (nSPS) is 21.7. The van der Waals surface area contributed by atoms with Gasteiger partial charge in [-0.05, 0) is 38.8 Å². The number of nitrogens with zero attached hydrogens (tertiary/aromatic N) is 1. The number of nitrogens with one attached hydrogen (secondary N) is 1. The second kappa shape index (κ2) is 5.53. The standard InChI is InChI=1S/C17H22N2O2/c1-12-10-14(18-11-17(2)8-5-9-21-17)13-6-4-7-15(20-3)16(13)19-12/h4,6-7,10H,5,8-9,11H2,1-3H3,(H,18,19). The Morgan fingerprint density at radius 1 is 1.43 bits per heavy atom. The number of rotatable bonds is 4. The Hall–Kier alpha value is -1.81. The molecule has 0 aliphatic carbocycles. The fourth-order valence-corrected chi connectivity index (χ4v) is 2.92. The number of ether oxygens (including phenoxy) is 2. The highest BCUT2D eigenvalue weighted by Gasteiger charge is 2.29. The predicted octanol–water partition coefficient (Wildman–Crippen LogP) is 3.53. The van der Waals surface area contributed by atoms with Crippen LogP contribution in [0.5, 0.6) is 5.75 Å². The molecule has 1 fully saturated rings. The number of methoxy groups -OCH3 is 1. The Kier molecular flexibility index (Phi) is 3.72. The van der Waals surface area contributed by atoms with Crippen molar-refractivity contribution in [2.45, 2.75) is 32.3 Å². The van der Waals surface area contributed by atoms with Gasteiger partial charge in [-0.3, -0.25) is 0 Å². The third kappa shape index (κ3) is 2.81. The van der Waals surface area contributed by atoms with E-state index in [1.54, 1.807) is 7.11 Å². The van der Waals surface area contributed by atoms with Gasteiger partial charge in [0.2, 0.25) is 0 Å². The molecule has 0 spiro atoms. The van der Waals surface area contributed by atoms with Crippen molar-refractivity contribution in [3.63, 3.8) is 0 Å². The molecule has 112 valence electrons. The molecule has 1 aliphatic rings. The van der Waals surface area contributed by atoms with Gasteiger partial charge in [0.15, 0.2) is 0 Å². The van der Waals surface area contributed by atoms with Gasteiger partial charge in [-0.25, -0.2) is 4.98 Å². The summed E-state index contributed by atoms with van der Waals surface area (Å²) in [5.74, 6) is 0.808. The first kappa shape index (κ1) is 14.1. The molecule has 1 aromatic heterocycles. The summed E-state index contributed by atoms with van der Waals surface area (Å²) in [4.78, 5) is 4.61. The summed E-state index contributed by atoms with van der Waals surface area (Å²) < 4.78 is 11.3. The van der Waals surface area contributed by atoms with Crippen LogP contribution in [0.3, 0.4) is 0 Å². The molecule has 4 heteroatoms. The van der Waals surface area contributed by atoms with Crippen LogP contribution in [-0.4, -0.2) is 30.8 Å². The highest BCUT2D eigenvalue weighted by molar-refractivity contribution is 5.95. The van der Waals surface area contributed by atoms with E-state index in [1.807, 2.05) is 19.1 Å². The van der Waals surface area contributed by atoms with Gasteiger partial charge in [-0.1, -0.05) is 12.1 Å². The van der Waals surface area contributed by atoms with E-state index in [4.69, 9.17) is 9.47 Å². The Labute approximate surface area is 125 Å². The third-order valence-corrected chi connectivity index (χ3v) is 4.10. The largest absolute Gasteiger partial charge is 0.494 e. The molecule has 2 heterocycles. The van der Waals surface area contributed by atoms with Crippen LogP contribution in [0.4, 0.5) is 5.69 Å². The molecule has 1 aliphatic heterocycles. The van der Waals surface area contributed by atoms with Crippen molar-refractivity contribution in [1.82, 2.24) is 4.98 Å².